The Morgan fingerprint density at radius 3 is 2.20 bits per heavy atom. The van der Waals surface area contributed by atoms with Gasteiger partial charge in [0.05, 0.1) is 22.7 Å². The standard InChI is InChI=1S/C59H73N9O6S/c1-38-30-39(2)63-56(71)49(38)34-61-55(70)48-31-45(32-51-47(48)21-23-67(51)46-10-7-8-11-46)43-17-15-42(16-18-43)35-66-26-24-65(25-27-66)28-29-74-36-52(69)64-54(59(4,5)6)58(73)68-22-9-12-50(68)57(72)60-33-41-13-19-44(20-14-41)53-40(3)62-37-75-53/h13-21,23,30-32,37,46,50,54H,7-12,22,24-29,33-36H2,1-6H3,(H,60,72)(H,61,70)(H,63,71)(H,64,69)/t50-,54+/m0/s1. The lowest BCUT2D eigenvalue weighted by Crippen LogP contribution is -2.58. The first kappa shape index (κ1) is 53.4. The molecule has 0 spiro atoms. The maximum absolute atomic E-state index is 14.1. The molecule has 3 aromatic carbocycles. The number of H-pyrrole nitrogens is 1. The molecule has 0 unspecified atom stereocenters. The van der Waals surface area contributed by atoms with Crippen molar-refractivity contribution < 1.29 is 23.9 Å². The van der Waals surface area contributed by atoms with Gasteiger partial charge in [0.2, 0.25) is 17.7 Å². The summed E-state index contributed by atoms with van der Waals surface area (Å²) in [5.41, 5.74) is 11.2. The van der Waals surface area contributed by atoms with E-state index in [4.69, 9.17) is 4.74 Å². The predicted molar refractivity (Wildman–Crippen MR) is 295 cm³/mol. The minimum absolute atomic E-state index is 0.145. The minimum Gasteiger partial charge on any atom is -0.370 e. The van der Waals surface area contributed by atoms with Gasteiger partial charge in [-0.3, -0.25) is 33.8 Å². The fourth-order valence-electron chi connectivity index (χ4n) is 11.1. The van der Waals surface area contributed by atoms with E-state index < -0.39 is 17.5 Å². The lowest BCUT2D eigenvalue weighted by Gasteiger charge is -2.35. The van der Waals surface area contributed by atoms with Gasteiger partial charge >= 0.3 is 0 Å². The van der Waals surface area contributed by atoms with Gasteiger partial charge in [-0.15, -0.1) is 11.3 Å². The first-order chi connectivity index (χ1) is 36.1. The van der Waals surface area contributed by atoms with Crippen molar-refractivity contribution in [3.8, 4) is 21.6 Å². The predicted octanol–water partition coefficient (Wildman–Crippen LogP) is 8.06. The maximum atomic E-state index is 14.1. The van der Waals surface area contributed by atoms with Crippen LogP contribution in [0.5, 0.6) is 0 Å². The summed E-state index contributed by atoms with van der Waals surface area (Å²) in [6.07, 6.45) is 8.07. The summed E-state index contributed by atoms with van der Waals surface area (Å²) in [6, 6.07) is 23.9. The Morgan fingerprint density at radius 2 is 1.51 bits per heavy atom. The molecule has 1 aliphatic carbocycles. The smallest absolute Gasteiger partial charge is 0.253 e. The first-order valence-corrected chi connectivity index (χ1v) is 27.6. The number of pyridine rings is 1. The Balaban J connectivity index is 0.729. The average molecular weight is 1040 g/mol. The van der Waals surface area contributed by atoms with Crippen molar-refractivity contribution in [2.24, 2.45) is 5.41 Å². The van der Waals surface area contributed by atoms with Crippen LogP contribution in [0.4, 0.5) is 0 Å². The second kappa shape index (κ2) is 23.6. The summed E-state index contributed by atoms with van der Waals surface area (Å²) in [5, 5.41) is 9.96. The molecule has 2 saturated heterocycles. The molecule has 9 rings (SSSR count). The van der Waals surface area contributed by atoms with Crippen molar-refractivity contribution in [2.45, 2.75) is 118 Å². The molecule has 1 saturated carbocycles. The van der Waals surface area contributed by atoms with Crippen LogP contribution in [0, 0.1) is 26.2 Å². The second-order valence-electron chi connectivity index (χ2n) is 21.8. The molecule has 0 radical (unpaired) electrons. The molecule has 15 nitrogen and oxygen atoms in total. The van der Waals surface area contributed by atoms with Crippen molar-refractivity contribution >= 4 is 45.9 Å². The first-order valence-electron chi connectivity index (χ1n) is 26.7. The molecule has 16 heteroatoms. The van der Waals surface area contributed by atoms with E-state index in [0.717, 1.165) is 101 Å². The highest BCUT2D eigenvalue weighted by molar-refractivity contribution is 7.13. The molecule has 3 aromatic heterocycles. The van der Waals surface area contributed by atoms with Gasteiger partial charge in [-0.05, 0) is 110 Å². The Morgan fingerprint density at radius 1 is 0.800 bits per heavy atom. The van der Waals surface area contributed by atoms with Crippen LogP contribution in [0.15, 0.2) is 89.3 Å². The molecule has 3 fully saturated rings. The van der Waals surface area contributed by atoms with Gasteiger partial charge in [-0.25, -0.2) is 4.98 Å². The van der Waals surface area contributed by atoms with Crippen LogP contribution in [-0.2, 0) is 38.8 Å². The van der Waals surface area contributed by atoms with E-state index in [2.05, 4.69) is 82.9 Å². The number of nitrogens with zero attached hydrogens (tertiary/aromatic N) is 5. The Bertz CT molecular complexity index is 3050. The van der Waals surface area contributed by atoms with Gasteiger partial charge in [0.15, 0.2) is 0 Å². The van der Waals surface area contributed by atoms with Gasteiger partial charge in [0.25, 0.3) is 11.5 Å². The quantitative estimate of drug-likeness (QED) is 0.0622. The third-order valence-corrected chi connectivity index (χ3v) is 16.3. The van der Waals surface area contributed by atoms with Gasteiger partial charge in [0.1, 0.15) is 18.7 Å². The maximum Gasteiger partial charge on any atom is 0.253 e. The normalized spacial score (nSPS) is 17.1. The number of carbonyl (C=O) groups is 4. The molecular formula is C59H73N9O6S. The fourth-order valence-corrected chi connectivity index (χ4v) is 11.9. The van der Waals surface area contributed by atoms with Crippen LogP contribution in [-0.4, -0.2) is 117 Å². The van der Waals surface area contributed by atoms with Crippen molar-refractivity contribution in [1.29, 1.82) is 0 Å². The third-order valence-electron chi connectivity index (χ3n) is 15.3. The van der Waals surface area contributed by atoms with Gasteiger partial charge < -0.3 is 35.1 Å². The van der Waals surface area contributed by atoms with E-state index in [1.54, 1.807) is 16.2 Å². The number of rotatable bonds is 18. The zero-order valence-corrected chi connectivity index (χ0v) is 45.2. The molecule has 6 aromatic rings. The zero-order valence-electron chi connectivity index (χ0n) is 44.4. The number of benzene rings is 3. The summed E-state index contributed by atoms with van der Waals surface area (Å²) >= 11 is 1.60. The number of aromatic nitrogens is 3. The molecule has 0 bridgehead atoms. The SMILES string of the molecule is Cc1cc(C)c(CNC(=O)c2cc(-c3ccc(CN4CCN(CCOCC(=O)N[C@H](C(=O)N5CCC[C@H]5C(=O)NCc5ccc(-c6scnc6C)cc5)C(C)(C)C)CC4)cc3)cc3c2ccn3C2CCCC2)c(=O)[nH]1. The van der Waals surface area contributed by atoms with Crippen molar-refractivity contribution in [1.82, 2.24) is 45.2 Å². The number of ether oxygens (including phenoxy) is 1. The number of piperazine rings is 1. The molecule has 4 N–H and O–H groups in total. The number of fused-ring (bicyclic) bond motifs is 1. The van der Waals surface area contributed by atoms with Crippen molar-refractivity contribution in [3.05, 3.63) is 134 Å². The molecule has 2 aliphatic heterocycles. The van der Waals surface area contributed by atoms with Crippen LogP contribution >= 0.6 is 11.3 Å². The highest BCUT2D eigenvalue weighted by Crippen LogP contribution is 2.36. The number of aryl methyl sites for hydroxylation is 3. The molecule has 75 heavy (non-hydrogen) atoms. The Kier molecular flexibility index (Phi) is 16.8. The van der Waals surface area contributed by atoms with E-state index in [1.807, 2.05) is 83.5 Å². The molecule has 396 valence electrons. The monoisotopic (exact) mass is 1040 g/mol. The van der Waals surface area contributed by atoms with Gasteiger partial charge in [-0.1, -0.05) is 82.1 Å². The molecule has 3 aliphatic rings. The number of aromatic amines is 1. The van der Waals surface area contributed by atoms with Crippen molar-refractivity contribution in [3.63, 3.8) is 0 Å². The summed E-state index contributed by atoms with van der Waals surface area (Å²) in [6.45, 7) is 17.8. The van der Waals surface area contributed by atoms with Crippen LogP contribution < -0.4 is 21.5 Å². The Labute approximate surface area is 444 Å². The summed E-state index contributed by atoms with van der Waals surface area (Å²) in [7, 11) is 0. The molecule has 2 atom stereocenters. The second-order valence-corrected chi connectivity index (χ2v) is 22.7. The summed E-state index contributed by atoms with van der Waals surface area (Å²) in [4.78, 5) is 82.4. The molecular weight excluding hydrogens is 963 g/mol. The highest BCUT2D eigenvalue weighted by Gasteiger charge is 2.42. The van der Waals surface area contributed by atoms with Crippen molar-refractivity contribution in [2.75, 3.05) is 52.5 Å². The van der Waals surface area contributed by atoms with E-state index in [-0.39, 0.29) is 42.3 Å². The average Bonchev–Trinajstić information content (AvgIpc) is 4.25. The van der Waals surface area contributed by atoms with Gasteiger partial charge in [-0.2, -0.15) is 0 Å². The number of likely N-dealkylation sites (tertiary alicyclic amines) is 1. The topological polar surface area (TPSA) is 174 Å². The van der Waals surface area contributed by atoms with Gasteiger partial charge in [0, 0.05) is 98.9 Å². The lowest BCUT2D eigenvalue weighted by atomic mass is 9.85. The zero-order chi connectivity index (χ0) is 52.8. The number of carbonyl (C=O) groups excluding carboxylic acids is 4. The van der Waals surface area contributed by atoms with Crippen LogP contribution in [0.25, 0.3) is 32.5 Å². The third kappa shape index (κ3) is 12.8. The van der Waals surface area contributed by atoms with Crippen LogP contribution in [0.3, 0.4) is 0 Å². The highest BCUT2D eigenvalue weighted by atomic mass is 32.1. The minimum atomic E-state index is -0.821. The number of hydrogen-bond acceptors (Lipinski definition) is 10. The van der Waals surface area contributed by atoms with E-state index in [1.165, 1.54) is 18.4 Å². The number of amides is 4. The fraction of sp³-hybridized carbons (Fsp3) is 0.458. The largest absolute Gasteiger partial charge is 0.370 e. The summed E-state index contributed by atoms with van der Waals surface area (Å²) < 4.78 is 8.23. The summed E-state index contributed by atoms with van der Waals surface area (Å²) in [5.74, 6) is -1.01. The number of hydrogen-bond donors (Lipinski definition) is 4. The van der Waals surface area contributed by atoms with E-state index in [9.17, 15) is 24.0 Å². The molecule has 4 amide bonds. The number of nitrogens with one attached hydrogen (secondary N) is 4. The lowest BCUT2D eigenvalue weighted by molar-refractivity contribution is -0.144. The number of thiazole rings is 1. The van der Waals surface area contributed by atoms with E-state index in [0.29, 0.717) is 56.3 Å². The molecule has 5 heterocycles. The van der Waals surface area contributed by atoms with Crippen LogP contribution in [0.2, 0.25) is 0 Å². The Hall–Kier alpha value is -6.46. The van der Waals surface area contributed by atoms with E-state index >= 15 is 0 Å². The van der Waals surface area contributed by atoms with Crippen LogP contribution in [0.1, 0.15) is 109 Å².